The van der Waals surface area contributed by atoms with Gasteiger partial charge in [0, 0.05) is 25.0 Å². The number of carbonyl (C=O) groups excluding carboxylic acids is 2. The van der Waals surface area contributed by atoms with Crippen molar-refractivity contribution in [3.63, 3.8) is 0 Å². The first-order valence-electron chi connectivity index (χ1n) is 10.3. The lowest BCUT2D eigenvalue weighted by Crippen LogP contribution is -2.40. The molecule has 0 bridgehead atoms. The molecule has 0 aliphatic carbocycles. The Morgan fingerprint density at radius 2 is 1.79 bits per heavy atom. The molecule has 174 valence electrons. The Balaban J connectivity index is 1.38. The Hall–Kier alpha value is -3.35. The van der Waals surface area contributed by atoms with Crippen LogP contribution in [0.15, 0.2) is 47.5 Å². The average molecular weight is 474 g/mol. The van der Waals surface area contributed by atoms with Crippen LogP contribution in [0.1, 0.15) is 23.1 Å². The van der Waals surface area contributed by atoms with Crippen molar-refractivity contribution in [1.82, 2.24) is 18.9 Å². The first-order valence-corrected chi connectivity index (χ1v) is 11.7. The van der Waals surface area contributed by atoms with Crippen LogP contribution in [0.2, 0.25) is 0 Å². The van der Waals surface area contributed by atoms with Gasteiger partial charge >= 0.3 is 5.97 Å². The number of aromatic nitrogens is 3. The molecule has 33 heavy (non-hydrogen) atoms. The molecule has 1 aromatic carbocycles. The van der Waals surface area contributed by atoms with Crippen molar-refractivity contribution >= 4 is 33.2 Å². The summed E-state index contributed by atoms with van der Waals surface area (Å²) in [7, 11) is -3.62. The molecule has 0 spiro atoms. The van der Waals surface area contributed by atoms with Gasteiger partial charge in [-0.1, -0.05) is 0 Å². The predicted octanol–water partition coefficient (Wildman–Crippen LogP) is 1.24. The summed E-state index contributed by atoms with van der Waals surface area (Å²) in [6.07, 6.45) is 0.470. The number of nitrogens with zero attached hydrogens (tertiary/aromatic N) is 4. The van der Waals surface area contributed by atoms with E-state index in [-0.39, 0.29) is 10.5 Å². The minimum atomic E-state index is -3.62. The molecule has 3 heterocycles. The number of rotatable bonds is 6. The third kappa shape index (κ3) is 4.87. The Bertz CT molecular complexity index is 1280. The van der Waals surface area contributed by atoms with Gasteiger partial charge in [0.05, 0.1) is 23.7 Å². The molecule has 0 saturated carbocycles. The molecule has 1 N–H and O–H groups in total. The van der Waals surface area contributed by atoms with E-state index in [0.29, 0.717) is 43.5 Å². The summed E-state index contributed by atoms with van der Waals surface area (Å²) in [4.78, 5) is 25.1. The number of hydrogen-bond donors (Lipinski definition) is 1. The van der Waals surface area contributed by atoms with Crippen LogP contribution in [0, 0.1) is 6.92 Å². The van der Waals surface area contributed by atoms with Gasteiger partial charge in [-0.05, 0) is 50.2 Å². The van der Waals surface area contributed by atoms with Crippen LogP contribution < -0.4 is 5.32 Å². The number of anilines is 1. The number of carbonyl (C=O) groups is 2. The summed E-state index contributed by atoms with van der Waals surface area (Å²) in [6.45, 7) is 4.52. The molecule has 1 saturated heterocycles. The predicted molar refractivity (Wildman–Crippen MR) is 117 cm³/mol. The average Bonchev–Trinajstić information content (AvgIpc) is 3.20. The zero-order valence-electron chi connectivity index (χ0n) is 18.1. The number of aryl methyl sites for hydroxylation is 1. The minimum Gasteiger partial charge on any atom is -0.449 e. The topological polar surface area (TPSA) is 132 Å². The second-order valence-corrected chi connectivity index (χ2v) is 9.41. The van der Waals surface area contributed by atoms with Gasteiger partial charge in [0.25, 0.3) is 5.91 Å². The van der Waals surface area contributed by atoms with Crippen molar-refractivity contribution in [2.75, 3.05) is 31.6 Å². The van der Waals surface area contributed by atoms with E-state index in [2.05, 4.69) is 15.5 Å². The number of ether oxygens (including phenoxy) is 2. The van der Waals surface area contributed by atoms with Gasteiger partial charge in [-0.2, -0.15) is 4.31 Å². The van der Waals surface area contributed by atoms with E-state index in [9.17, 15) is 18.0 Å². The van der Waals surface area contributed by atoms with Crippen LogP contribution in [0.5, 0.6) is 0 Å². The van der Waals surface area contributed by atoms with E-state index in [4.69, 9.17) is 9.47 Å². The standard InChI is InChI=1S/C21H23N5O6S/c1-14(32-21(28)16-3-8-19-24-23-15(2)26(19)13-16)20(27)22-17-4-6-18(7-5-17)33(29,30)25-9-11-31-12-10-25/h3-8,13-14H,9-12H2,1-2H3,(H,22,27). The van der Waals surface area contributed by atoms with Crippen molar-refractivity contribution in [1.29, 1.82) is 0 Å². The van der Waals surface area contributed by atoms with Crippen molar-refractivity contribution in [2.24, 2.45) is 0 Å². The number of esters is 1. The summed E-state index contributed by atoms with van der Waals surface area (Å²) >= 11 is 0. The largest absolute Gasteiger partial charge is 0.449 e. The summed E-state index contributed by atoms with van der Waals surface area (Å²) in [5, 5.41) is 10.5. The van der Waals surface area contributed by atoms with E-state index in [1.807, 2.05) is 0 Å². The number of pyridine rings is 1. The van der Waals surface area contributed by atoms with Gasteiger partial charge in [-0.25, -0.2) is 13.2 Å². The van der Waals surface area contributed by atoms with E-state index in [1.54, 1.807) is 29.7 Å². The van der Waals surface area contributed by atoms with Crippen molar-refractivity contribution in [2.45, 2.75) is 24.8 Å². The van der Waals surface area contributed by atoms with Gasteiger partial charge in [0.1, 0.15) is 5.82 Å². The van der Waals surface area contributed by atoms with Crippen LogP contribution in [-0.2, 0) is 24.3 Å². The van der Waals surface area contributed by atoms with Crippen LogP contribution in [0.4, 0.5) is 5.69 Å². The summed E-state index contributed by atoms with van der Waals surface area (Å²) in [6, 6.07) is 9.00. The molecule has 3 aromatic rings. The van der Waals surface area contributed by atoms with Crippen molar-refractivity contribution in [3.8, 4) is 0 Å². The van der Waals surface area contributed by atoms with Gasteiger partial charge in [-0.15, -0.1) is 10.2 Å². The number of amides is 1. The molecule has 1 amide bonds. The van der Waals surface area contributed by atoms with Gasteiger partial charge < -0.3 is 14.8 Å². The lowest BCUT2D eigenvalue weighted by atomic mass is 10.2. The first-order chi connectivity index (χ1) is 15.8. The SMILES string of the molecule is Cc1nnc2ccc(C(=O)OC(C)C(=O)Nc3ccc(S(=O)(=O)N4CCOCC4)cc3)cn12. The molecule has 1 atom stereocenters. The van der Waals surface area contributed by atoms with Gasteiger partial charge in [-0.3, -0.25) is 9.20 Å². The fourth-order valence-corrected chi connectivity index (χ4v) is 4.71. The molecule has 12 heteroatoms. The zero-order chi connectivity index (χ0) is 23.6. The first kappa shape index (κ1) is 22.8. The minimum absolute atomic E-state index is 0.126. The highest BCUT2D eigenvalue weighted by Gasteiger charge is 2.26. The molecule has 1 aliphatic rings. The van der Waals surface area contributed by atoms with Crippen molar-refractivity contribution < 1.29 is 27.5 Å². The fraction of sp³-hybridized carbons (Fsp3) is 0.333. The fourth-order valence-electron chi connectivity index (χ4n) is 3.30. The molecule has 1 unspecified atom stereocenters. The Labute approximate surface area is 190 Å². The highest BCUT2D eigenvalue weighted by Crippen LogP contribution is 2.20. The number of morpholine rings is 1. The van der Waals surface area contributed by atoms with E-state index in [1.165, 1.54) is 35.5 Å². The maximum Gasteiger partial charge on any atom is 0.340 e. The number of nitrogens with one attached hydrogen (secondary N) is 1. The molecule has 0 radical (unpaired) electrons. The molecular formula is C21H23N5O6S. The van der Waals surface area contributed by atoms with Crippen LogP contribution in [0.25, 0.3) is 5.65 Å². The third-order valence-corrected chi connectivity index (χ3v) is 7.10. The lowest BCUT2D eigenvalue weighted by molar-refractivity contribution is -0.123. The number of benzene rings is 1. The van der Waals surface area contributed by atoms with Gasteiger partial charge in [0.15, 0.2) is 11.8 Å². The number of hydrogen-bond acceptors (Lipinski definition) is 8. The van der Waals surface area contributed by atoms with Crippen LogP contribution in [0.3, 0.4) is 0 Å². The second-order valence-electron chi connectivity index (χ2n) is 7.47. The summed E-state index contributed by atoms with van der Waals surface area (Å²) in [5.41, 5.74) is 1.22. The maximum atomic E-state index is 12.7. The third-order valence-electron chi connectivity index (χ3n) is 5.19. The smallest absolute Gasteiger partial charge is 0.340 e. The molecule has 4 rings (SSSR count). The Kier molecular flexibility index (Phi) is 6.40. The molecule has 11 nitrogen and oxygen atoms in total. The molecular weight excluding hydrogens is 450 g/mol. The Morgan fingerprint density at radius 3 is 2.48 bits per heavy atom. The van der Waals surface area contributed by atoms with E-state index < -0.39 is 28.0 Å². The number of fused-ring (bicyclic) bond motifs is 1. The number of sulfonamides is 1. The van der Waals surface area contributed by atoms with E-state index >= 15 is 0 Å². The highest BCUT2D eigenvalue weighted by atomic mass is 32.2. The normalized spacial score (nSPS) is 15.8. The second kappa shape index (κ2) is 9.25. The molecule has 1 aliphatic heterocycles. The maximum absolute atomic E-state index is 12.7. The zero-order valence-corrected chi connectivity index (χ0v) is 18.9. The molecule has 2 aromatic heterocycles. The highest BCUT2D eigenvalue weighted by molar-refractivity contribution is 7.89. The Morgan fingerprint density at radius 1 is 1.09 bits per heavy atom. The monoisotopic (exact) mass is 473 g/mol. The van der Waals surface area contributed by atoms with Crippen LogP contribution in [-0.4, -0.2) is 71.6 Å². The summed E-state index contributed by atoms with van der Waals surface area (Å²) < 4.78 is 38.9. The van der Waals surface area contributed by atoms with E-state index in [0.717, 1.165) is 0 Å². The van der Waals surface area contributed by atoms with Crippen molar-refractivity contribution in [3.05, 3.63) is 54.0 Å². The summed E-state index contributed by atoms with van der Waals surface area (Å²) in [5.74, 6) is -0.599. The van der Waals surface area contributed by atoms with Crippen LogP contribution >= 0.6 is 0 Å². The lowest BCUT2D eigenvalue weighted by Gasteiger charge is -2.26. The molecule has 1 fully saturated rings. The van der Waals surface area contributed by atoms with Gasteiger partial charge in [0.2, 0.25) is 10.0 Å². The quantitative estimate of drug-likeness (QED) is 0.529.